The molecule has 20 heavy (non-hydrogen) atoms. The van der Waals surface area contributed by atoms with Gasteiger partial charge in [-0.3, -0.25) is 0 Å². The van der Waals surface area contributed by atoms with Crippen molar-refractivity contribution in [3.8, 4) is 17.2 Å². The molecular weight excluding hydrogens is 322 g/mol. The maximum absolute atomic E-state index is 5.71. The van der Waals surface area contributed by atoms with E-state index in [0.29, 0.717) is 11.8 Å². The van der Waals surface area contributed by atoms with E-state index in [2.05, 4.69) is 38.4 Å². The first kappa shape index (κ1) is 15.0. The molecular formula is C14H18BrN3O2. The Kier molecular flexibility index (Phi) is 5.14. The van der Waals surface area contributed by atoms with Gasteiger partial charge < -0.3 is 14.5 Å². The summed E-state index contributed by atoms with van der Waals surface area (Å²) in [4.78, 5) is 0. The molecule has 108 valence electrons. The van der Waals surface area contributed by atoms with Gasteiger partial charge in [-0.1, -0.05) is 6.92 Å². The second kappa shape index (κ2) is 6.85. The van der Waals surface area contributed by atoms with Crippen molar-refractivity contribution in [1.82, 2.24) is 15.5 Å². The van der Waals surface area contributed by atoms with Crippen LogP contribution in [0, 0.1) is 0 Å². The Morgan fingerprint density at radius 3 is 2.85 bits per heavy atom. The summed E-state index contributed by atoms with van der Waals surface area (Å²) in [5, 5.41) is 11.5. The largest absolute Gasteiger partial charge is 0.496 e. The van der Waals surface area contributed by atoms with Crippen LogP contribution in [0.2, 0.25) is 0 Å². The maximum atomic E-state index is 5.71. The zero-order valence-corrected chi connectivity index (χ0v) is 13.4. The Labute approximate surface area is 126 Å². The first-order chi connectivity index (χ1) is 9.65. The molecule has 2 aromatic rings. The highest BCUT2D eigenvalue weighted by Crippen LogP contribution is 2.30. The number of halogens is 1. The second-order valence-electron chi connectivity index (χ2n) is 4.47. The van der Waals surface area contributed by atoms with E-state index in [1.165, 1.54) is 0 Å². The highest BCUT2D eigenvalue weighted by atomic mass is 79.9. The topological polar surface area (TPSA) is 60.2 Å². The van der Waals surface area contributed by atoms with E-state index in [0.717, 1.165) is 28.8 Å². The van der Waals surface area contributed by atoms with E-state index < -0.39 is 0 Å². The van der Waals surface area contributed by atoms with Crippen molar-refractivity contribution < 1.29 is 9.15 Å². The van der Waals surface area contributed by atoms with Gasteiger partial charge in [0.25, 0.3) is 0 Å². The van der Waals surface area contributed by atoms with Crippen LogP contribution in [0.15, 0.2) is 27.1 Å². The quantitative estimate of drug-likeness (QED) is 0.871. The lowest BCUT2D eigenvalue weighted by Crippen LogP contribution is -2.19. The monoisotopic (exact) mass is 339 g/mol. The molecule has 0 bridgehead atoms. The summed E-state index contributed by atoms with van der Waals surface area (Å²) in [6, 6.07) is 5.71. The predicted octanol–water partition coefficient (Wildman–Crippen LogP) is 3.57. The zero-order valence-electron chi connectivity index (χ0n) is 11.8. The van der Waals surface area contributed by atoms with E-state index in [1.54, 1.807) is 7.11 Å². The smallest absolute Gasteiger partial charge is 0.247 e. The molecule has 0 spiro atoms. The van der Waals surface area contributed by atoms with Gasteiger partial charge in [0, 0.05) is 5.56 Å². The van der Waals surface area contributed by atoms with Crippen molar-refractivity contribution in [2.75, 3.05) is 13.7 Å². The molecule has 5 nitrogen and oxygen atoms in total. The lowest BCUT2D eigenvalue weighted by Gasteiger charge is -2.07. The van der Waals surface area contributed by atoms with Crippen LogP contribution in [0.3, 0.4) is 0 Å². The van der Waals surface area contributed by atoms with Gasteiger partial charge in [-0.25, -0.2) is 0 Å². The van der Waals surface area contributed by atoms with Crippen LogP contribution in [0.25, 0.3) is 11.5 Å². The van der Waals surface area contributed by atoms with Crippen LogP contribution in [-0.2, 0) is 0 Å². The number of benzene rings is 1. The van der Waals surface area contributed by atoms with Gasteiger partial charge in [-0.15, -0.1) is 10.2 Å². The Morgan fingerprint density at radius 2 is 2.20 bits per heavy atom. The molecule has 1 N–H and O–H groups in total. The fourth-order valence-electron chi connectivity index (χ4n) is 1.77. The molecule has 0 aliphatic rings. The van der Waals surface area contributed by atoms with E-state index >= 15 is 0 Å². The minimum atomic E-state index is 0.0536. The Morgan fingerprint density at radius 1 is 1.40 bits per heavy atom. The minimum Gasteiger partial charge on any atom is -0.496 e. The summed E-state index contributed by atoms with van der Waals surface area (Å²) >= 11 is 3.45. The van der Waals surface area contributed by atoms with Crippen molar-refractivity contribution in [1.29, 1.82) is 0 Å². The molecule has 1 aromatic carbocycles. The molecule has 0 fully saturated rings. The predicted molar refractivity (Wildman–Crippen MR) is 80.7 cm³/mol. The fraction of sp³-hybridized carbons (Fsp3) is 0.429. The number of aromatic nitrogens is 2. The van der Waals surface area contributed by atoms with E-state index in [9.17, 15) is 0 Å². The van der Waals surface area contributed by atoms with Gasteiger partial charge in [0.2, 0.25) is 11.8 Å². The van der Waals surface area contributed by atoms with Crippen LogP contribution >= 0.6 is 15.9 Å². The van der Waals surface area contributed by atoms with Crippen LogP contribution in [0.1, 0.15) is 32.2 Å². The third-order valence-electron chi connectivity index (χ3n) is 2.91. The molecule has 1 atom stereocenters. The molecule has 0 saturated heterocycles. The van der Waals surface area contributed by atoms with Gasteiger partial charge in [0.05, 0.1) is 17.6 Å². The van der Waals surface area contributed by atoms with Crippen LogP contribution in [0.5, 0.6) is 5.75 Å². The van der Waals surface area contributed by atoms with Gasteiger partial charge in [0.15, 0.2) is 0 Å². The van der Waals surface area contributed by atoms with E-state index in [-0.39, 0.29) is 6.04 Å². The number of hydrogen-bond donors (Lipinski definition) is 1. The first-order valence-corrected chi connectivity index (χ1v) is 7.35. The minimum absolute atomic E-state index is 0.0536. The zero-order chi connectivity index (χ0) is 14.5. The van der Waals surface area contributed by atoms with E-state index in [1.807, 2.05) is 25.1 Å². The standard InChI is InChI=1S/C14H18BrN3O2/c1-4-7-16-9(2)13-17-18-14(20-13)10-5-6-12(19-3)11(15)8-10/h5-6,8-9,16H,4,7H2,1-3H3. The molecule has 1 heterocycles. The average molecular weight is 340 g/mol. The fourth-order valence-corrected chi connectivity index (χ4v) is 2.31. The maximum Gasteiger partial charge on any atom is 0.247 e. The van der Waals surface area contributed by atoms with Crippen LogP contribution < -0.4 is 10.1 Å². The molecule has 0 radical (unpaired) electrons. The normalized spacial score (nSPS) is 12.4. The number of ether oxygens (including phenoxy) is 1. The summed E-state index contributed by atoms with van der Waals surface area (Å²) in [6.07, 6.45) is 1.07. The summed E-state index contributed by atoms with van der Waals surface area (Å²) in [6.45, 7) is 5.05. The molecule has 0 aliphatic heterocycles. The highest BCUT2D eigenvalue weighted by Gasteiger charge is 2.15. The second-order valence-corrected chi connectivity index (χ2v) is 5.32. The molecule has 0 amide bonds. The van der Waals surface area contributed by atoms with Gasteiger partial charge in [0.1, 0.15) is 5.75 Å². The van der Waals surface area contributed by atoms with Crippen molar-refractivity contribution in [2.24, 2.45) is 0 Å². The SMILES string of the molecule is CCCNC(C)c1nnc(-c2ccc(OC)c(Br)c2)o1. The Balaban J connectivity index is 2.18. The van der Waals surface area contributed by atoms with Gasteiger partial charge in [-0.05, 0) is 54.0 Å². The third kappa shape index (κ3) is 3.37. The van der Waals surface area contributed by atoms with Gasteiger partial charge >= 0.3 is 0 Å². The summed E-state index contributed by atoms with van der Waals surface area (Å²) < 4.78 is 11.8. The van der Waals surface area contributed by atoms with Crippen LogP contribution in [-0.4, -0.2) is 23.9 Å². The molecule has 1 aromatic heterocycles. The summed E-state index contributed by atoms with van der Waals surface area (Å²) in [7, 11) is 1.63. The molecule has 0 saturated carbocycles. The van der Waals surface area contributed by atoms with Crippen molar-refractivity contribution in [2.45, 2.75) is 26.3 Å². The van der Waals surface area contributed by atoms with E-state index in [4.69, 9.17) is 9.15 Å². The number of methoxy groups -OCH3 is 1. The van der Waals surface area contributed by atoms with Crippen molar-refractivity contribution in [3.63, 3.8) is 0 Å². The highest BCUT2D eigenvalue weighted by molar-refractivity contribution is 9.10. The van der Waals surface area contributed by atoms with Crippen molar-refractivity contribution >= 4 is 15.9 Å². The number of rotatable bonds is 6. The summed E-state index contributed by atoms with van der Waals surface area (Å²) in [5.41, 5.74) is 0.860. The van der Waals surface area contributed by atoms with Crippen LogP contribution in [0.4, 0.5) is 0 Å². The summed E-state index contributed by atoms with van der Waals surface area (Å²) in [5.74, 6) is 1.88. The molecule has 1 unspecified atom stereocenters. The van der Waals surface area contributed by atoms with Gasteiger partial charge in [-0.2, -0.15) is 0 Å². The number of nitrogens with one attached hydrogen (secondary N) is 1. The lowest BCUT2D eigenvalue weighted by molar-refractivity contribution is 0.412. The first-order valence-electron chi connectivity index (χ1n) is 6.56. The number of nitrogens with zero attached hydrogens (tertiary/aromatic N) is 2. The Bertz CT molecular complexity index is 571. The Hall–Kier alpha value is -1.40. The number of hydrogen-bond acceptors (Lipinski definition) is 5. The van der Waals surface area contributed by atoms with Crippen molar-refractivity contribution in [3.05, 3.63) is 28.6 Å². The molecule has 6 heteroatoms. The molecule has 0 aliphatic carbocycles. The molecule has 2 rings (SSSR count). The lowest BCUT2D eigenvalue weighted by atomic mass is 10.2. The average Bonchev–Trinajstić information content (AvgIpc) is 2.94. The third-order valence-corrected chi connectivity index (χ3v) is 3.53.